The van der Waals surface area contributed by atoms with Crippen LogP contribution >= 0.6 is 0 Å². The lowest BCUT2D eigenvalue weighted by atomic mass is 10.1. The number of rotatable bonds is 13. The third-order valence-electron chi connectivity index (χ3n) is 5.12. The maximum atomic E-state index is 12.1. The summed E-state index contributed by atoms with van der Waals surface area (Å²) in [5.41, 5.74) is 4.68. The zero-order valence-corrected chi connectivity index (χ0v) is 16.8. The summed E-state index contributed by atoms with van der Waals surface area (Å²) in [6.07, 6.45) is 0.219. The van der Waals surface area contributed by atoms with Gasteiger partial charge in [0.25, 0.3) is 0 Å². The Bertz CT molecular complexity index is 707. The van der Waals surface area contributed by atoms with Crippen molar-refractivity contribution in [2.75, 3.05) is 18.9 Å². The number of alkyl halides is 2. The molecular formula is C19H31F2N3O6. The Morgan fingerprint density at radius 3 is 2.47 bits per heavy atom. The molecule has 0 radical (unpaired) electrons. The number of nitrogen functional groups attached to an aromatic ring is 1. The Balaban J connectivity index is 1.83. The van der Waals surface area contributed by atoms with Crippen molar-refractivity contribution < 1.29 is 33.6 Å². The minimum absolute atomic E-state index is 0.00725. The van der Waals surface area contributed by atoms with Gasteiger partial charge in [0, 0.05) is 12.6 Å². The average Bonchev–Trinajstić information content (AvgIpc) is 2.94. The maximum Gasteiger partial charge on any atom is 0.351 e. The summed E-state index contributed by atoms with van der Waals surface area (Å²) < 4.78 is 36.0. The van der Waals surface area contributed by atoms with Crippen molar-refractivity contribution in [3.63, 3.8) is 0 Å². The van der Waals surface area contributed by atoms with E-state index in [1.54, 1.807) is 0 Å². The first-order chi connectivity index (χ1) is 14.3. The molecule has 0 spiro atoms. The van der Waals surface area contributed by atoms with Crippen LogP contribution in [-0.4, -0.2) is 62.5 Å². The molecule has 1 aliphatic rings. The molecule has 11 heteroatoms. The Hall–Kier alpha value is -1.66. The number of nitrogens with zero attached hydrogens (tertiary/aromatic N) is 2. The van der Waals surface area contributed by atoms with Gasteiger partial charge in [0.05, 0.1) is 13.2 Å². The van der Waals surface area contributed by atoms with Crippen LogP contribution in [0.4, 0.5) is 14.6 Å². The van der Waals surface area contributed by atoms with E-state index in [-0.39, 0.29) is 18.8 Å². The van der Waals surface area contributed by atoms with Gasteiger partial charge in [-0.15, -0.1) is 0 Å². The van der Waals surface area contributed by atoms with Gasteiger partial charge in [-0.2, -0.15) is 4.98 Å². The molecule has 0 unspecified atom stereocenters. The van der Waals surface area contributed by atoms with Crippen molar-refractivity contribution in [1.82, 2.24) is 9.55 Å². The fraction of sp³-hybridized carbons (Fsp3) is 0.789. The van der Waals surface area contributed by atoms with Gasteiger partial charge < -0.3 is 30.5 Å². The second-order valence-corrected chi connectivity index (χ2v) is 7.45. The second-order valence-electron chi connectivity index (χ2n) is 7.45. The summed E-state index contributed by atoms with van der Waals surface area (Å²) in [6.45, 7) is -0.486. The third kappa shape index (κ3) is 6.42. The fourth-order valence-electron chi connectivity index (χ4n) is 3.44. The van der Waals surface area contributed by atoms with Crippen molar-refractivity contribution in [1.29, 1.82) is 0 Å². The molecule has 1 aromatic heterocycles. The van der Waals surface area contributed by atoms with E-state index in [0.717, 1.165) is 36.7 Å². The topological polar surface area (TPSA) is 140 Å². The Labute approximate surface area is 173 Å². The van der Waals surface area contributed by atoms with Crippen LogP contribution < -0.4 is 11.4 Å². The van der Waals surface area contributed by atoms with Gasteiger partial charge in [0.15, 0.2) is 6.23 Å². The van der Waals surface area contributed by atoms with E-state index >= 15 is 0 Å². The van der Waals surface area contributed by atoms with Gasteiger partial charge >= 0.3 is 5.69 Å². The normalized spacial score (nSPS) is 26.5. The van der Waals surface area contributed by atoms with Crippen molar-refractivity contribution in [3.8, 4) is 0 Å². The standard InChI is InChI=1S/C19H31F2N3O6/c20-14(21)8-6-4-2-1-3-5-7-11-29-19(28)16(26)13(12-25)30-17(19)24-10-9-15(22)23-18(24)27/h9-10,13-14,16-17,25-26,28H,1-8,11-12H2,(H2,22,23,27)/t13-,16-,17-,19+/m1/s1. The van der Waals surface area contributed by atoms with Crippen molar-refractivity contribution in [2.24, 2.45) is 0 Å². The minimum Gasteiger partial charge on any atom is -0.394 e. The van der Waals surface area contributed by atoms with E-state index in [1.807, 2.05) is 0 Å². The lowest BCUT2D eigenvalue weighted by Gasteiger charge is -2.31. The zero-order chi connectivity index (χ0) is 22.1. The number of unbranched alkanes of at least 4 members (excludes halogenated alkanes) is 6. The summed E-state index contributed by atoms with van der Waals surface area (Å²) in [5.74, 6) is -2.25. The largest absolute Gasteiger partial charge is 0.394 e. The molecule has 0 amide bonds. The van der Waals surface area contributed by atoms with Crippen LogP contribution in [0, 0.1) is 0 Å². The first-order valence-electron chi connectivity index (χ1n) is 10.2. The predicted octanol–water partition coefficient (Wildman–Crippen LogP) is 1.17. The number of aliphatic hydroxyl groups is 3. The number of hydrogen-bond acceptors (Lipinski definition) is 8. The Kier molecular flexibility index (Phi) is 9.56. The number of hydrogen-bond donors (Lipinski definition) is 4. The summed E-state index contributed by atoms with van der Waals surface area (Å²) in [5, 5.41) is 30.7. The van der Waals surface area contributed by atoms with Gasteiger partial charge in [0.2, 0.25) is 12.2 Å². The molecule has 0 bridgehead atoms. The minimum atomic E-state index is -2.25. The molecule has 1 aromatic rings. The molecule has 0 saturated carbocycles. The van der Waals surface area contributed by atoms with Crippen molar-refractivity contribution >= 4 is 5.82 Å². The maximum absolute atomic E-state index is 12.1. The van der Waals surface area contributed by atoms with E-state index < -0.39 is 42.9 Å². The molecular weight excluding hydrogens is 404 g/mol. The average molecular weight is 435 g/mol. The number of nitrogens with two attached hydrogens (primary N) is 1. The molecule has 0 aliphatic carbocycles. The van der Waals surface area contributed by atoms with E-state index in [1.165, 1.54) is 12.3 Å². The molecule has 30 heavy (non-hydrogen) atoms. The molecule has 5 N–H and O–H groups in total. The highest BCUT2D eigenvalue weighted by atomic mass is 19.3. The number of aliphatic hydroxyl groups excluding tert-OH is 2. The second kappa shape index (κ2) is 11.7. The van der Waals surface area contributed by atoms with Crippen LogP contribution in [0.15, 0.2) is 17.1 Å². The lowest BCUT2D eigenvalue weighted by Crippen LogP contribution is -2.51. The number of anilines is 1. The van der Waals surface area contributed by atoms with Gasteiger partial charge in [-0.05, 0) is 18.9 Å². The van der Waals surface area contributed by atoms with E-state index in [4.69, 9.17) is 15.2 Å². The van der Waals surface area contributed by atoms with Crippen LogP contribution in [0.2, 0.25) is 0 Å². The van der Waals surface area contributed by atoms with Crippen LogP contribution in [0.25, 0.3) is 0 Å². The molecule has 1 saturated heterocycles. The molecule has 2 heterocycles. The molecule has 0 aromatic carbocycles. The third-order valence-corrected chi connectivity index (χ3v) is 5.12. The highest BCUT2D eigenvalue weighted by molar-refractivity contribution is 5.23. The molecule has 4 atom stereocenters. The van der Waals surface area contributed by atoms with E-state index in [9.17, 15) is 28.9 Å². The van der Waals surface area contributed by atoms with E-state index in [0.29, 0.717) is 12.8 Å². The molecule has 1 fully saturated rings. The zero-order valence-electron chi connectivity index (χ0n) is 16.8. The quantitative estimate of drug-likeness (QED) is 0.267. The summed E-state index contributed by atoms with van der Waals surface area (Å²) in [6, 6.07) is 1.34. The van der Waals surface area contributed by atoms with Gasteiger partial charge in [-0.3, -0.25) is 4.57 Å². The van der Waals surface area contributed by atoms with Crippen LogP contribution in [-0.2, 0) is 9.47 Å². The molecule has 172 valence electrons. The van der Waals surface area contributed by atoms with E-state index in [2.05, 4.69) is 4.98 Å². The predicted molar refractivity (Wildman–Crippen MR) is 104 cm³/mol. The highest BCUT2D eigenvalue weighted by Crippen LogP contribution is 2.38. The highest BCUT2D eigenvalue weighted by Gasteiger charge is 2.57. The molecule has 2 rings (SSSR count). The fourth-order valence-corrected chi connectivity index (χ4v) is 3.44. The first kappa shape index (κ1) is 24.6. The Morgan fingerprint density at radius 1 is 1.23 bits per heavy atom. The van der Waals surface area contributed by atoms with Crippen LogP contribution in [0.1, 0.15) is 57.6 Å². The summed E-state index contributed by atoms with van der Waals surface area (Å²) >= 11 is 0. The van der Waals surface area contributed by atoms with Gasteiger partial charge in [-0.25, -0.2) is 13.6 Å². The molecule has 9 nitrogen and oxygen atoms in total. The van der Waals surface area contributed by atoms with Crippen molar-refractivity contribution in [2.45, 2.75) is 82.0 Å². The summed E-state index contributed by atoms with van der Waals surface area (Å²) in [7, 11) is 0. The molecule has 1 aliphatic heterocycles. The smallest absolute Gasteiger partial charge is 0.351 e. The number of halogens is 2. The van der Waals surface area contributed by atoms with Crippen molar-refractivity contribution in [3.05, 3.63) is 22.7 Å². The number of ether oxygens (including phenoxy) is 2. The Morgan fingerprint density at radius 2 is 1.87 bits per heavy atom. The van der Waals surface area contributed by atoms with Crippen LogP contribution in [0.5, 0.6) is 0 Å². The number of aromatic nitrogens is 2. The first-order valence-corrected chi connectivity index (χ1v) is 10.2. The lowest BCUT2D eigenvalue weighted by molar-refractivity contribution is -0.278. The summed E-state index contributed by atoms with van der Waals surface area (Å²) in [4.78, 5) is 15.7. The van der Waals surface area contributed by atoms with Gasteiger partial charge in [0.1, 0.15) is 18.0 Å². The van der Waals surface area contributed by atoms with Gasteiger partial charge in [-0.1, -0.05) is 32.1 Å². The van der Waals surface area contributed by atoms with Crippen LogP contribution in [0.3, 0.4) is 0 Å². The monoisotopic (exact) mass is 435 g/mol. The SMILES string of the molecule is Nc1ccn([C@@H]2O[C@H](CO)[C@@H](O)[C@]2(O)OCCCCCCCCCC(F)F)c(=O)n1.